The SMILES string of the molecule is Brc1ccc2c(c1)ncn2CC1CC1. The Morgan fingerprint density at radius 1 is 1.43 bits per heavy atom. The third kappa shape index (κ3) is 1.46. The number of imidazole rings is 1. The fourth-order valence-corrected chi connectivity index (χ4v) is 2.11. The highest BCUT2D eigenvalue weighted by Gasteiger charge is 2.22. The average Bonchev–Trinajstić information content (AvgIpc) is 2.89. The predicted octanol–water partition coefficient (Wildman–Crippen LogP) is 3.21. The van der Waals surface area contributed by atoms with Crippen molar-refractivity contribution in [2.75, 3.05) is 0 Å². The molecule has 0 spiro atoms. The summed E-state index contributed by atoms with van der Waals surface area (Å²) in [6.07, 6.45) is 4.72. The first-order valence-corrected chi connectivity index (χ1v) is 5.72. The predicted molar refractivity (Wildman–Crippen MR) is 60.2 cm³/mol. The minimum atomic E-state index is 0.899. The van der Waals surface area contributed by atoms with E-state index in [1.54, 1.807) is 0 Å². The van der Waals surface area contributed by atoms with Crippen LogP contribution in [0.3, 0.4) is 0 Å². The van der Waals surface area contributed by atoms with Gasteiger partial charge in [0.1, 0.15) is 0 Å². The van der Waals surface area contributed by atoms with Crippen LogP contribution in [0, 0.1) is 5.92 Å². The number of aromatic nitrogens is 2. The Bertz CT molecular complexity index is 471. The van der Waals surface area contributed by atoms with Crippen molar-refractivity contribution in [3.05, 3.63) is 29.0 Å². The van der Waals surface area contributed by atoms with Crippen LogP contribution in [0.5, 0.6) is 0 Å². The second kappa shape index (κ2) is 3.09. The minimum Gasteiger partial charge on any atom is -0.330 e. The maximum absolute atomic E-state index is 4.39. The first-order chi connectivity index (χ1) is 6.83. The van der Waals surface area contributed by atoms with Crippen LogP contribution in [0.25, 0.3) is 11.0 Å². The lowest BCUT2D eigenvalue weighted by atomic mass is 10.3. The summed E-state index contributed by atoms with van der Waals surface area (Å²) in [5.74, 6) is 0.899. The summed E-state index contributed by atoms with van der Waals surface area (Å²) in [6.45, 7) is 1.14. The molecule has 1 aliphatic rings. The first kappa shape index (κ1) is 8.48. The largest absolute Gasteiger partial charge is 0.330 e. The topological polar surface area (TPSA) is 17.8 Å². The molecule has 0 radical (unpaired) electrons. The lowest BCUT2D eigenvalue weighted by Gasteiger charge is -2.01. The summed E-state index contributed by atoms with van der Waals surface area (Å²) in [6, 6.07) is 6.28. The van der Waals surface area contributed by atoms with E-state index in [0.29, 0.717) is 0 Å². The van der Waals surface area contributed by atoms with Gasteiger partial charge in [-0.2, -0.15) is 0 Å². The summed E-state index contributed by atoms with van der Waals surface area (Å²) in [5.41, 5.74) is 2.33. The fraction of sp³-hybridized carbons (Fsp3) is 0.364. The molecule has 0 aliphatic heterocycles. The van der Waals surface area contributed by atoms with Crippen LogP contribution >= 0.6 is 15.9 Å². The van der Waals surface area contributed by atoms with Gasteiger partial charge in [0.2, 0.25) is 0 Å². The molecule has 2 nitrogen and oxygen atoms in total. The molecule has 0 unspecified atom stereocenters. The molecule has 2 aromatic rings. The van der Waals surface area contributed by atoms with Crippen molar-refractivity contribution < 1.29 is 0 Å². The lowest BCUT2D eigenvalue weighted by molar-refractivity contribution is 0.642. The molecule has 3 rings (SSSR count). The molecular weight excluding hydrogens is 240 g/mol. The minimum absolute atomic E-state index is 0.899. The molecule has 0 amide bonds. The number of hydrogen-bond acceptors (Lipinski definition) is 1. The highest BCUT2D eigenvalue weighted by Crippen LogP contribution is 2.31. The second-order valence-corrected chi connectivity index (χ2v) is 4.89. The van der Waals surface area contributed by atoms with E-state index in [1.165, 1.54) is 18.4 Å². The maximum atomic E-state index is 4.39. The van der Waals surface area contributed by atoms with Crippen LogP contribution in [-0.2, 0) is 6.54 Å². The van der Waals surface area contributed by atoms with Gasteiger partial charge in [0.15, 0.2) is 0 Å². The molecule has 3 heteroatoms. The van der Waals surface area contributed by atoms with Crippen LogP contribution in [0.2, 0.25) is 0 Å². The first-order valence-electron chi connectivity index (χ1n) is 4.93. The van der Waals surface area contributed by atoms with Crippen LogP contribution in [0.15, 0.2) is 29.0 Å². The highest BCUT2D eigenvalue weighted by atomic mass is 79.9. The smallest absolute Gasteiger partial charge is 0.0958 e. The van der Waals surface area contributed by atoms with Crippen molar-refractivity contribution >= 4 is 27.0 Å². The molecule has 1 fully saturated rings. The molecule has 0 bridgehead atoms. The zero-order chi connectivity index (χ0) is 9.54. The van der Waals surface area contributed by atoms with E-state index in [2.05, 4.69) is 43.7 Å². The van der Waals surface area contributed by atoms with Crippen molar-refractivity contribution in [3.8, 4) is 0 Å². The molecule has 1 aliphatic carbocycles. The van der Waals surface area contributed by atoms with Gasteiger partial charge in [0, 0.05) is 11.0 Å². The summed E-state index contributed by atoms with van der Waals surface area (Å²) in [5, 5.41) is 0. The van der Waals surface area contributed by atoms with Crippen LogP contribution < -0.4 is 0 Å². The number of fused-ring (bicyclic) bond motifs is 1. The zero-order valence-corrected chi connectivity index (χ0v) is 9.37. The molecule has 0 N–H and O–H groups in total. The Balaban J connectivity index is 2.06. The van der Waals surface area contributed by atoms with Crippen molar-refractivity contribution in [3.63, 3.8) is 0 Å². The van der Waals surface area contributed by atoms with Crippen molar-refractivity contribution in [1.82, 2.24) is 9.55 Å². The van der Waals surface area contributed by atoms with Gasteiger partial charge in [-0.15, -0.1) is 0 Å². The van der Waals surface area contributed by atoms with E-state index in [1.807, 2.05) is 6.33 Å². The van der Waals surface area contributed by atoms with Crippen molar-refractivity contribution in [2.24, 2.45) is 5.92 Å². The van der Waals surface area contributed by atoms with E-state index < -0.39 is 0 Å². The van der Waals surface area contributed by atoms with E-state index >= 15 is 0 Å². The summed E-state index contributed by atoms with van der Waals surface area (Å²) in [4.78, 5) is 4.39. The zero-order valence-electron chi connectivity index (χ0n) is 7.78. The molecule has 72 valence electrons. The highest BCUT2D eigenvalue weighted by molar-refractivity contribution is 9.10. The average molecular weight is 251 g/mol. The van der Waals surface area contributed by atoms with Crippen molar-refractivity contribution in [1.29, 1.82) is 0 Å². The monoisotopic (exact) mass is 250 g/mol. The van der Waals surface area contributed by atoms with Crippen LogP contribution in [-0.4, -0.2) is 9.55 Å². The van der Waals surface area contributed by atoms with E-state index in [0.717, 1.165) is 22.5 Å². The Hall–Kier alpha value is -0.830. The van der Waals surface area contributed by atoms with Gasteiger partial charge < -0.3 is 4.57 Å². The quantitative estimate of drug-likeness (QED) is 0.801. The maximum Gasteiger partial charge on any atom is 0.0958 e. The Kier molecular flexibility index (Phi) is 1.87. The van der Waals surface area contributed by atoms with Gasteiger partial charge in [-0.25, -0.2) is 4.98 Å². The molecule has 1 saturated carbocycles. The summed E-state index contributed by atoms with van der Waals surface area (Å²) in [7, 11) is 0. The Morgan fingerprint density at radius 2 is 2.29 bits per heavy atom. The van der Waals surface area contributed by atoms with Gasteiger partial charge in [0.25, 0.3) is 0 Å². The Morgan fingerprint density at radius 3 is 3.07 bits per heavy atom. The van der Waals surface area contributed by atoms with Crippen molar-refractivity contribution in [2.45, 2.75) is 19.4 Å². The van der Waals surface area contributed by atoms with E-state index in [-0.39, 0.29) is 0 Å². The number of nitrogens with zero attached hydrogens (tertiary/aromatic N) is 2. The molecular formula is C11H11BrN2. The number of rotatable bonds is 2. The molecule has 1 aromatic carbocycles. The lowest BCUT2D eigenvalue weighted by Crippen LogP contribution is -1.96. The van der Waals surface area contributed by atoms with Gasteiger partial charge in [0.05, 0.1) is 17.4 Å². The van der Waals surface area contributed by atoms with E-state index in [9.17, 15) is 0 Å². The normalized spacial score (nSPS) is 16.4. The van der Waals surface area contributed by atoms with Gasteiger partial charge in [-0.05, 0) is 37.0 Å². The number of hydrogen-bond donors (Lipinski definition) is 0. The standard InChI is InChI=1S/C11H11BrN2/c12-9-3-4-11-10(5-9)13-7-14(11)6-8-1-2-8/h3-5,7-8H,1-2,6H2. The third-order valence-corrected chi connectivity index (χ3v) is 3.23. The third-order valence-electron chi connectivity index (χ3n) is 2.73. The second-order valence-electron chi connectivity index (χ2n) is 3.97. The molecule has 1 aromatic heterocycles. The molecule has 0 saturated heterocycles. The fourth-order valence-electron chi connectivity index (χ4n) is 1.76. The number of halogens is 1. The van der Waals surface area contributed by atoms with Gasteiger partial charge in [-0.1, -0.05) is 15.9 Å². The Labute approximate surface area is 91.1 Å². The van der Waals surface area contributed by atoms with Crippen LogP contribution in [0.4, 0.5) is 0 Å². The van der Waals surface area contributed by atoms with Gasteiger partial charge in [-0.3, -0.25) is 0 Å². The molecule has 14 heavy (non-hydrogen) atoms. The van der Waals surface area contributed by atoms with Crippen LogP contribution in [0.1, 0.15) is 12.8 Å². The molecule has 1 heterocycles. The number of benzene rings is 1. The summed E-state index contributed by atoms with van der Waals surface area (Å²) < 4.78 is 3.36. The summed E-state index contributed by atoms with van der Waals surface area (Å²) >= 11 is 3.46. The molecule has 0 atom stereocenters. The van der Waals surface area contributed by atoms with E-state index in [4.69, 9.17) is 0 Å². The van der Waals surface area contributed by atoms with Gasteiger partial charge >= 0.3 is 0 Å².